The van der Waals surface area contributed by atoms with Crippen molar-refractivity contribution < 1.29 is 51.6 Å². The van der Waals surface area contributed by atoms with Crippen LogP contribution in [0.4, 0.5) is 16.4 Å². The molecule has 23 nitrogen and oxygen atoms in total. The first kappa shape index (κ1) is 48.8. The monoisotopic (exact) mass is 966 g/mol. The lowest BCUT2D eigenvalue weighted by molar-refractivity contribution is -0.0808. The van der Waals surface area contributed by atoms with Crippen LogP contribution in [0.2, 0.25) is 0 Å². The van der Waals surface area contributed by atoms with Crippen molar-refractivity contribution in [2.45, 2.75) is 89.6 Å². The molecule has 0 aliphatic carbocycles. The summed E-state index contributed by atoms with van der Waals surface area (Å²) in [6, 6.07) is 17.4. The van der Waals surface area contributed by atoms with Crippen LogP contribution in [0.3, 0.4) is 0 Å². The van der Waals surface area contributed by atoms with Gasteiger partial charge in [0.25, 0.3) is 11.8 Å². The summed E-state index contributed by atoms with van der Waals surface area (Å²) in [7, 11) is -3.00. The van der Waals surface area contributed by atoms with E-state index in [1.54, 1.807) is 64.0 Å². The number of hydrogen-bond acceptors (Lipinski definition) is 17. The Morgan fingerprint density at radius 2 is 1.29 bits per heavy atom. The van der Waals surface area contributed by atoms with Gasteiger partial charge in [-0.25, -0.2) is 41.3 Å². The summed E-state index contributed by atoms with van der Waals surface area (Å²) in [5, 5.41) is 5.64. The molecule has 69 heavy (non-hydrogen) atoms. The Bertz CT molecular complexity index is 2840. The van der Waals surface area contributed by atoms with Crippen LogP contribution in [-0.2, 0) is 37.3 Å². The van der Waals surface area contributed by atoms with E-state index in [0.29, 0.717) is 39.9 Å². The molecule has 6 aromatic rings. The normalized spacial score (nSPS) is 21.1. The van der Waals surface area contributed by atoms with Crippen molar-refractivity contribution in [3.05, 3.63) is 109 Å². The molecule has 24 heteroatoms. The molecule has 2 fully saturated rings. The van der Waals surface area contributed by atoms with Crippen LogP contribution in [0.15, 0.2) is 90.7 Å². The van der Waals surface area contributed by atoms with Gasteiger partial charge in [0.2, 0.25) is 6.54 Å². The van der Waals surface area contributed by atoms with Crippen LogP contribution in [-0.4, -0.2) is 127 Å². The number of nitrogens with zero attached hydrogens (tertiary/aromatic N) is 10. The molecule has 6 heterocycles. The Morgan fingerprint density at radius 3 is 1.80 bits per heavy atom. The maximum Gasteiger partial charge on any atom is 0.437 e. The van der Waals surface area contributed by atoms with Crippen LogP contribution in [0.25, 0.3) is 27.2 Å². The largest absolute Gasteiger partial charge is 0.451 e. The SMILES string of the molecule is [C-]#[N+]CCOP(=NC(=O)OC)(OC[C@H]1O[C@@H](n2cnc3c(NC(=O)c4ccccc4)ncnc32)C[C@H]1OC(C)C)O[C@@H]1C[C@H](n2cnc3c(NC(=O)c4ccccc4)ncnc32)O[C@@H]1COC(C)C. The zero-order chi connectivity index (χ0) is 48.5. The predicted molar refractivity (Wildman–Crippen MR) is 248 cm³/mol. The van der Waals surface area contributed by atoms with Gasteiger partial charge < -0.3 is 39.2 Å². The van der Waals surface area contributed by atoms with E-state index in [1.165, 1.54) is 19.0 Å². The topological polar surface area (TPSA) is 253 Å². The van der Waals surface area contributed by atoms with Gasteiger partial charge in [-0.15, -0.1) is 4.74 Å². The molecule has 0 spiro atoms. The molecular weight excluding hydrogens is 916 g/mol. The zero-order valence-corrected chi connectivity index (χ0v) is 39.2. The molecule has 0 saturated carbocycles. The summed E-state index contributed by atoms with van der Waals surface area (Å²) >= 11 is 0. The lowest BCUT2D eigenvalue weighted by Crippen LogP contribution is -2.33. The third-order valence-corrected chi connectivity index (χ3v) is 12.7. The minimum absolute atomic E-state index is 0.0525. The third kappa shape index (κ3) is 11.6. The van der Waals surface area contributed by atoms with Gasteiger partial charge in [-0.2, -0.15) is 0 Å². The highest BCUT2D eigenvalue weighted by molar-refractivity contribution is 7.51. The van der Waals surface area contributed by atoms with Crippen molar-refractivity contribution in [2.24, 2.45) is 4.74 Å². The summed E-state index contributed by atoms with van der Waals surface area (Å²) in [6.45, 7) is 14.5. The molecule has 8 rings (SSSR count). The molecule has 2 saturated heterocycles. The number of methoxy groups -OCH3 is 1. The molecule has 2 aliphatic rings. The quantitative estimate of drug-likeness (QED) is 0.0470. The lowest BCUT2D eigenvalue weighted by Gasteiger charge is -2.29. The van der Waals surface area contributed by atoms with E-state index in [4.69, 9.17) is 43.8 Å². The molecule has 1 unspecified atom stereocenters. The molecular formula is C45H51N12O11P. The van der Waals surface area contributed by atoms with Gasteiger partial charge in [0.05, 0.1) is 51.3 Å². The van der Waals surface area contributed by atoms with Gasteiger partial charge in [0.15, 0.2) is 34.0 Å². The van der Waals surface area contributed by atoms with E-state index in [2.05, 4.69) is 50.1 Å². The fourth-order valence-electron chi connectivity index (χ4n) is 7.64. The minimum Gasteiger partial charge on any atom is -0.451 e. The molecule has 7 atom stereocenters. The van der Waals surface area contributed by atoms with Crippen molar-refractivity contribution in [1.82, 2.24) is 39.0 Å². The number of anilines is 2. The Balaban J connectivity index is 1.06. The van der Waals surface area contributed by atoms with Crippen LogP contribution >= 0.6 is 7.74 Å². The second-order valence-electron chi connectivity index (χ2n) is 16.3. The highest BCUT2D eigenvalue weighted by atomic mass is 31.2. The van der Waals surface area contributed by atoms with Crippen molar-refractivity contribution >= 4 is 59.6 Å². The van der Waals surface area contributed by atoms with E-state index in [0.717, 1.165) is 7.11 Å². The number of hydrogen-bond donors (Lipinski definition) is 2. The number of nitrogens with one attached hydrogen (secondary N) is 2. The van der Waals surface area contributed by atoms with E-state index in [-0.39, 0.29) is 68.4 Å². The Kier molecular flexibility index (Phi) is 15.7. The third-order valence-electron chi connectivity index (χ3n) is 10.8. The number of amides is 3. The highest BCUT2D eigenvalue weighted by Gasteiger charge is 2.45. The lowest BCUT2D eigenvalue weighted by atomic mass is 10.2. The van der Waals surface area contributed by atoms with Crippen molar-refractivity contribution in [3.63, 3.8) is 0 Å². The fraction of sp³-hybridized carbons (Fsp3) is 0.422. The molecule has 0 radical (unpaired) electrons. The zero-order valence-electron chi connectivity index (χ0n) is 38.4. The summed E-state index contributed by atoms with van der Waals surface area (Å²) in [6.07, 6.45) is 0.199. The maximum atomic E-state index is 13.2. The second-order valence-corrected chi connectivity index (χ2v) is 18.1. The van der Waals surface area contributed by atoms with Gasteiger partial charge in [-0.05, 0) is 52.0 Å². The van der Waals surface area contributed by atoms with Crippen LogP contribution in [0, 0.1) is 6.57 Å². The number of rotatable bonds is 19. The van der Waals surface area contributed by atoms with Gasteiger partial charge in [0, 0.05) is 24.0 Å². The van der Waals surface area contributed by atoms with Crippen LogP contribution < -0.4 is 10.6 Å². The van der Waals surface area contributed by atoms with E-state index >= 15 is 0 Å². The van der Waals surface area contributed by atoms with Crippen molar-refractivity contribution in [2.75, 3.05) is 44.1 Å². The van der Waals surface area contributed by atoms with Crippen LogP contribution in [0.5, 0.6) is 0 Å². The predicted octanol–water partition coefficient (Wildman–Crippen LogP) is 7.01. The van der Waals surface area contributed by atoms with Crippen molar-refractivity contribution in [1.29, 1.82) is 0 Å². The standard InChI is InChI=1S/C45H51N12O11P/c1-27(2)62-21-33-32(20-36(66-33)57-26-52-38-40(48-24-50-42(38)57)54-44(59)30-15-11-8-12-16-30)68-69(55-45(60)61-6,63-18-17-46-5)64-22-34-31(65-28(3)4)19-35(67-34)56-25-51-37-39(47-23-49-41(37)56)53-43(58)29-13-9-7-10-14-29/h7-16,23-28,31-36H,17-22H2,1-4,6H3,(H,47,49,53,58)(H,48,50,54,59)/t31-,32-,33-,34-,35-,36-,69?/m1/s1. The first-order valence-electron chi connectivity index (χ1n) is 22.1. The Hall–Kier alpha value is -6.61. The number of ether oxygens (including phenoxy) is 5. The number of carbonyl (C=O) groups excluding carboxylic acids is 3. The first-order chi connectivity index (χ1) is 33.4. The first-order valence-corrected chi connectivity index (χ1v) is 23.6. The second kappa shape index (κ2) is 22.2. The molecule has 3 amide bonds. The number of imidazole rings is 2. The molecule has 4 aromatic heterocycles. The molecule has 2 aromatic carbocycles. The van der Waals surface area contributed by atoms with Gasteiger partial charge in [0.1, 0.15) is 50.0 Å². The van der Waals surface area contributed by atoms with E-state index in [9.17, 15) is 14.4 Å². The number of benzene rings is 2. The molecule has 362 valence electrons. The van der Waals surface area contributed by atoms with E-state index < -0.39 is 50.7 Å². The summed E-state index contributed by atoms with van der Waals surface area (Å²) in [5.41, 5.74) is 2.30. The molecule has 2 aliphatic heterocycles. The summed E-state index contributed by atoms with van der Waals surface area (Å²) in [4.78, 5) is 69.3. The fourth-order valence-corrected chi connectivity index (χ4v) is 9.49. The average molecular weight is 967 g/mol. The number of fused-ring (bicyclic) bond motifs is 2. The van der Waals surface area contributed by atoms with Gasteiger partial charge in [-0.3, -0.25) is 32.3 Å². The minimum atomic E-state index is -4.16. The van der Waals surface area contributed by atoms with Crippen LogP contribution in [0.1, 0.15) is 73.7 Å². The average Bonchev–Trinajstić information content (AvgIpc) is 4.16. The maximum absolute atomic E-state index is 13.2. The molecule has 2 N–H and O–H groups in total. The van der Waals surface area contributed by atoms with E-state index in [1.807, 2.05) is 39.8 Å². The Labute approximate surface area is 396 Å². The molecule has 0 bridgehead atoms. The smallest absolute Gasteiger partial charge is 0.437 e. The van der Waals surface area contributed by atoms with Crippen molar-refractivity contribution in [3.8, 4) is 0 Å². The van der Waals surface area contributed by atoms with Gasteiger partial charge >= 0.3 is 13.8 Å². The Morgan fingerprint density at radius 1 is 0.754 bits per heavy atom. The summed E-state index contributed by atoms with van der Waals surface area (Å²) in [5.74, 6) is -0.322. The number of aromatic nitrogens is 8. The number of carbonyl (C=O) groups is 3. The highest BCUT2D eigenvalue weighted by Crippen LogP contribution is 2.57. The summed E-state index contributed by atoms with van der Waals surface area (Å²) < 4.78 is 57.8. The van der Waals surface area contributed by atoms with Gasteiger partial charge in [-0.1, -0.05) is 36.4 Å².